The molecule has 4 rings (SSSR count). The molecule has 0 aliphatic carbocycles. The minimum atomic E-state index is -0.287. The smallest absolute Gasteiger partial charge is 0.245 e. The molecule has 1 aliphatic heterocycles. The number of carbonyl (C=O) groups excluding carboxylic acids is 1. The van der Waals surface area contributed by atoms with Crippen LogP contribution in [0.1, 0.15) is 18.0 Å². The number of likely N-dealkylation sites (tertiary alicyclic amines) is 1. The van der Waals surface area contributed by atoms with E-state index in [0.29, 0.717) is 13.1 Å². The standard InChI is InChI=1S/C20H20FN5O/c1-3-19(27)25-11-8-14(12-25)20-17(18-9-10-24(2)22-18)13-26(23-20)16-6-4-15(21)5-7-16/h3-7,9-10,13-14H,1,8,11-12H2,2H3. The second-order valence-corrected chi connectivity index (χ2v) is 6.70. The van der Waals surface area contributed by atoms with Gasteiger partial charge in [-0.3, -0.25) is 9.48 Å². The van der Waals surface area contributed by atoms with Gasteiger partial charge in [-0.05, 0) is 42.8 Å². The zero-order valence-electron chi connectivity index (χ0n) is 15.0. The maximum Gasteiger partial charge on any atom is 0.245 e. The molecule has 1 amide bonds. The molecule has 0 spiro atoms. The van der Waals surface area contributed by atoms with Gasteiger partial charge < -0.3 is 4.90 Å². The van der Waals surface area contributed by atoms with Crippen LogP contribution in [0.25, 0.3) is 16.9 Å². The van der Waals surface area contributed by atoms with Crippen molar-refractivity contribution in [1.29, 1.82) is 0 Å². The van der Waals surface area contributed by atoms with Crippen molar-refractivity contribution in [3.8, 4) is 16.9 Å². The molecule has 1 aromatic carbocycles. The number of hydrogen-bond donors (Lipinski definition) is 0. The quantitative estimate of drug-likeness (QED) is 0.668. The number of aryl methyl sites for hydroxylation is 1. The van der Waals surface area contributed by atoms with E-state index < -0.39 is 0 Å². The summed E-state index contributed by atoms with van der Waals surface area (Å²) in [6.45, 7) is 4.85. The molecule has 2 aromatic heterocycles. The lowest BCUT2D eigenvalue weighted by atomic mass is 10.00. The van der Waals surface area contributed by atoms with Crippen LogP contribution in [0.15, 0.2) is 55.4 Å². The molecule has 3 aromatic rings. The van der Waals surface area contributed by atoms with Crippen molar-refractivity contribution in [1.82, 2.24) is 24.5 Å². The average Bonchev–Trinajstić information content (AvgIpc) is 3.40. The Kier molecular flexibility index (Phi) is 4.35. The summed E-state index contributed by atoms with van der Waals surface area (Å²) in [5.41, 5.74) is 3.43. The van der Waals surface area contributed by atoms with E-state index in [1.807, 2.05) is 25.5 Å². The van der Waals surface area contributed by atoms with Gasteiger partial charge in [0.25, 0.3) is 0 Å². The van der Waals surface area contributed by atoms with Gasteiger partial charge in [0.2, 0.25) is 5.91 Å². The first-order valence-electron chi connectivity index (χ1n) is 8.82. The van der Waals surface area contributed by atoms with Crippen LogP contribution in [0, 0.1) is 5.82 Å². The minimum Gasteiger partial charge on any atom is -0.338 e. The summed E-state index contributed by atoms with van der Waals surface area (Å²) in [6, 6.07) is 8.15. The highest BCUT2D eigenvalue weighted by Gasteiger charge is 2.30. The van der Waals surface area contributed by atoms with E-state index in [-0.39, 0.29) is 17.6 Å². The summed E-state index contributed by atoms with van der Waals surface area (Å²) in [5, 5.41) is 9.29. The molecule has 6 nitrogen and oxygen atoms in total. The molecule has 1 saturated heterocycles. The van der Waals surface area contributed by atoms with Crippen molar-refractivity contribution in [2.24, 2.45) is 7.05 Å². The van der Waals surface area contributed by atoms with Crippen LogP contribution in [0.5, 0.6) is 0 Å². The van der Waals surface area contributed by atoms with Crippen LogP contribution in [-0.4, -0.2) is 43.5 Å². The molecule has 1 fully saturated rings. The van der Waals surface area contributed by atoms with Crippen molar-refractivity contribution in [3.63, 3.8) is 0 Å². The van der Waals surface area contributed by atoms with E-state index >= 15 is 0 Å². The van der Waals surface area contributed by atoms with Crippen molar-refractivity contribution in [3.05, 3.63) is 66.9 Å². The molecule has 1 aliphatic rings. The van der Waals surface area contributed by atoms with Crippen molar-refractivity contribution in [2.45, 2.75) is 12.3 Å². The van der Waals surface area contributed by atoms with E-state index in [9.17, 15) is 9.18 Å². The molecule has 1 unspecified atom stereocenters. The van der Waals surface area contributed by atoms with Gasteiger partial charge in [-0.25, -0.2) is 9.07 Å². The zero-order valence-corrected chi connectivity index (χ0v) is 15.0. The Labute approximate surface area is 156 Å². The molecule has 138 valence electrons. The highest BCUT2D eigenvalue weighted by atomic mass is 19.1. The van der Waals surface area contributed by atoms with E-state index in [2.05, 4.69) is 11.7 Å². The van der Waals surface area contributed by atoms with E-state index in [4.69, 9.17) is 5.10 Å². The van der Waals surface area contributed by atoms with E-state index in [1.54, 1.807) is 26.4 Å². The summed E-state index contributed by atoms with van der Waals surface area (Å²) in [4.78, 5) is 13.7. The molecule has 3 heterocycles. The molecule has 0 saturated carbocycles. The third-order valence-electron chi connectivity index (χ3n) is 4.88. The van der Waals surface area contributed by atoms with Gasteiger partial charge in [0, 0.05) is 44.0 Å². The van der Waals surface area contributed by atoms with Crippen LogP contribution in [0.3, 0.4) is 0 Å². The van der Waals surface area contributed by atoms with Crippen molar-refractivity contribution >= 4 is 5.91 Å². The fourth-order valence-corrected chi connectivity index (χ4v) is 3.48. The predicted octanol–water partition coefficient (Wildman–Crippen LogP) is 2.91. The number of carbonyl (C=O) groups is 1. The first kappa shape index (κ1) is 17.2. The SMILES string of the molecule is C=CC(=O)N1CCC(c2nn(-c3ccc(F)cc3)cc2-c2ccn(C)n2)C1. The fraction of sp³-hybridized carbons (Fsp3) is 0.250. The lowest BCUT2D eigenvalue weighted by molar-refractivity contribution is -0.125. The highest BCUT2D eigenvalue weighted by molar-refractivity contribution is 5.87. The molecular formula is C20H20FN5O. The van der Waals surface area contributed by atoms with Crippen molar-refractivity contribution < 1.29 is 9.18 Å². The second-order valence-electron chi connectivity index (χ2n) is 6.70. The molecule has 0 bridgehead atoms. The number of rotatable bonds is 4. The van der Waals surface area contributed by atoms with Gasteiger partial charge in [0.1, 0.15) is 5.82 Å². The Morgan fingerprint density at radius 1 is 1.26 bits per heavy atom. The van der Waals surface area contributed by atoms with Crippen LogP contribution < -0.4 is 0 Å². The maximum absolute atomic E-state index is 13.3. The van der Waals surface area contributed by atoms with E-state index in [1.165, 1.54) is 18.2 Å². The summed E-state index contributed by atoms with van der Waals surface area (Å²) in [7, 11) is 1.87. The van der Waals surface area contributed by atoms with Gasteiger partial charge in [-0.1, -0.05) is 6.58 Å². The molecule has 0 N–H and O–H groups in total. The Balaban J connectivity index is 1.74. The Hall–Kier alpha value is -3.22. The van der Waals surface area contributed by atoms with Gasteiger partial charge in [-0.2, -0.15) is 10.2 Å². The van der Waals surface area contributed by atoms with Crippen molar-refractivity contribution in [2.75, 3.05) is 13.1 Å². The second kappa shape index (κ2) is 6.83. The first-order valence-corrected chi connectivity index (χ1v) is 8.82. The molecule has 27 heavy (non-hydrogen) atoms. The van der Waals surface area contributed by atoms with Gasteiger partial charge in [0.05, 0.1) is 17.1 Å². The van der Waals surface area contributed by atoms with Gasteiger partial charge >= 0.3 is 0 Å². The van der Waals surface area contributed by atoms with Crippen LogP contribution >= 0.6 is 0 Å². The number of benzene rings is 1. The minimum absolute atomic E-state index is 0.0603. The number of amides is 1. The Morgan fingerprint density at radius 2 is 2.04 bits per heavy atom. The lowest BCUT2D eigenvalue weighted by Gasteiger charge is -2.13. The number of aromatic nitrogens is 4. The number of halogens is 1. The molecule has 1 atom stereocenters. The van der Waals surface area contributed by atoms with Gasteiger partial charge in [-0.15, -0.1) is 0 Å². The predicted molar refractivity (Wildman–Crippen MR) is 99.9 cm³/mol. The van der Waals surface area contributed by atoms with Crippen LogP contribution in [0.4, 0.5) is 4.39 Å². The van der Waals surface area contributed by atoms with Crippen LogP contribution in [-0.2, 0) is 11.8 Å². The Bertz CT molecular complexity index is 988. The van der Waals surface area contributed by atoms with E-state index in [0.717, 1.165) is 29.1 Å². The maximum atomic E-state index is 13.3. The van der Waals surface area contributed by atoms with Gasteiger partial charge in [0.15, 0.2) is 0 Å². The topological polar surface area (TPSA) is 56.0 Å². The lowest BCUT2D eigenvalue weighted by Crippen LogP contribution is -2.26. The molecule has 7 heteroatoms. The monoisotopic (exact) mass is 365 g/mol. The zero-order chi connectivity index (χ0) is 19.0. The largest absolute Gasteiger partial charge is 0.338 e. The third-order valence-corrected chi connectivity index (χ3v) is 4.88. The molecule has 0 radical (unpaired) electrons. The Morgan fingerprint density at radius 3 is 2.70 bits per heavy atom. The number of nitrogens with zero attached hydrogens (tertiary/aromatic N) is 5. The number of hydrogen-bond acceptors (Lipinski definition) is 3. The third kappa shape index (κ3) is 3.28. The fourth-order valence-electron chi connectivity index (χ4n) is 3.48. The summed E-state index contributed by atoms with van der Waals surface area (Å²) in [5.74, 6) is -0.229. The van der Waals surface area contributed by atoms with Crippen LogP contribution in [0.2, 0.25) is 0 Å². The molecular weight excluding hydrogens is 345 g/mol. The summed E-state index contributed by atoms with van der Waals surface area (Å²) in [6.07, 6.45) is 5.98. The normalized spacial score (nSPS) is 16.7. The summed E-state index contributed by atoms with van der Waals surface area (Å²) >= 11 is 0. The average molecular weight is 365 g/mol. The highest BCUT2D eigenvalue weighted by Crippen LogP contribution is 2.34. The summed E-state index contributed by atoms with van der Waals surface area (Å²) < 4.78 is 16.8. The first-order chi connectivity index (χ1) is 13.0.